The van der Waals surface area contributed by atoms with E-state index in [1.807, 2.05) is 19.1 Å². The van der Waals surface area contributed by atoms with Gasteiger partial charge in [0.2, 0.25) is 0 Å². The van der Waals surface area contributed by atoms with Crippen LogP contribution in [0.3, 0.4) is 0 Å². The molecule has 0 saturated carbocycles. The Labute approximate surface area is 96.2 Å². The second kappa shape index (κ2) is 4.49. The third-order valence-electron chi connectivity index (χ3n) is 2.09. The lowest BCUT2D eigenvalue weighted by Crippen LogP contribution is -2.22. The van der Waals surface area contributed by atoms with Gasteiger partial charge >= 0.3 is 6.09 Å². The summed E-state index contributed by atoms with van der Waals surface area (Å²) in [7, 11) is 0. The topological polar surface area (TPSA) is 48.3 Å². The Morgan fingerprint density at radius 3 is 2.88 bits per heavy atom. The molecule has 0 spiro atoms. The summed E-state index contributed by atoms with van der Waals surface area (Å²) >= 11 is 1.11. The highest BCUT2D eigenvalue weighted by Gasteiger charge is 2.13. The van der Waals surface area contributed by atoms with Crippen molar-refractivity contribution in [3.8, 4) is 0 Å². The third kappa shape index (κ3) is 1.86. The predicted molar refractivity (Wildman–Crippen MR) is 63.1 cm³/mol. The summed E-state index contributed by atoms with van der Waals surface area (Å²) in [6.45, 7) is 2.24. The van der Waals surface area contributed by atoms with Gasteiger partial charge in [0.15, 0.2) is 0 Å². The number of aromatic nitrogens is 1. The highest BCUT2D eigenvalue weighted by atomic mass is 32.1. The molecule has 16 heavy (non-hydrogen) atoms. The minimum Gasteiger partial charge on any atom is -0.448 e. The predicted octanol–water partition coefficient (Wildman–Crippen LogP) is 2.46. The Morgan fingerprint density at radius 2 is 2.19 bits per heavy atom. The van der Waals surface area contributed by atoms with E-state index in [2.05, 4.69) is 0 Å². The van der Waals surface area contributed by atoms with Gasteiger partial charge in [-0.1, -0.05) is 19.1 Å². The zero-order chi connectivity index (χ0) is 11.5. The van der Waals surface area contributed by atoms with Crippen LogP contribution in [-0.2, 0) is 4.74 Å². The molecule has 0 N–H and O–H groups in total. The minimum absolute atomic E-state index is 0.304. The van der Waals surface area contributed by atoms with Gasteiger partial charge in [-0.25, -0.2) is 4.79 Å². The average molecular weight is 237 g/mol. The van der Waals surface area contributed by atoms with Gasteiger partial charge in [0.1, 0.15) is 0 Å². The number of ether oxygens (including phenoxy) is 1. The van der Waals surface area contributed by atoms with Crippen LogP contribution in [0.1, 0.15) is 13.3 Å². The van der Waals surface area contributed by atoms with Crippen molar-refractivity contribution < 1.29 is 9.53 Å². The van der Waals surface area contributed by atoms with E-state index >= 15 is 0 Å². The van der Waals surface area contributed by atoms with E-state index in [4.69, 9.17) is 4.74 Å². The molecule has 2 rings (SSSR count). The summed E-state index contributed by atoms with van der Waals surface area (Å²) in [6.07, 6.45) is 0.152. The van der Waals surface area contributed by atoms with Crippen molar-refractivity contribution in [2.75, 3.05) is 6.61 Å². The van der Waals surface area contributed by atoms with Gasteiger partial charge in [-0.3, -0.25) is 4.79 Å². The van der Waals surface area contributed by atoms with Crippen molar-refractivity contribution in [2.45, 2.75) is 13.3 Å². The molecule has 4 nitrogen and oxygen atoms in total. The molecule has 0 saturated heterocycles. The summed E-state index contributed by atoms with van der Waals surface area (Å²) in [5, 5.41) is 0.556. The highest BCUT2D eigenvalue weighted by molar-refractivity contribution is 7.14. The fourth-order valence-corrected chi connectivity index (χ4v) is 2.24. The van der Waals surface area contributed by atoms with Crippen molar-refractivity contribution in [1.82, 2.24) is 3.96 Å². The highest BCUT2D eigenvalue weighted by Crippen LogP contribution is 2.15. The molecule has 0 atom stereocenters. The third-order valence-corrected chi connectivity index (χ3v) is 3.14. The molecule has 5 heteroatoms. The maximum Gasteiger partial charge on any atom is 0.430 e. The van der Waals surface area contributed by atoms with E-state index in [0.717, 1.165) is 26.6 Å². The summed E-state index contributed by atoms with van der Waals surface area (Å²) in [4.78, 5) is 23.4. The van der Waals surface area contributed by atoms with E-state index < -0.39 is 6.09 Å². The quantitative estimate of drug-likeness (QED) is 0.806. The standard InChI is InChI=1S/C11H11NO3S/c1-2-7-15-11(14)12-10(13)8-5-3-4-6-9(8)16-12/h3-6H,2,7H2,1H3. The van der Waals surface area contributed by atoms with Crippen LogP contribution in [0.25, 0.3) is 10.1 Å². The van der Waals surface area contributed by atoms with Crippen LogP contribution in [0.4, 0.5) is 4.79 Å². The largest absolute Gasteiger partial charge is 0.448 e. The molecule has 1 aromatic carbocycles. The second-order valence-electron chi connectivity index (χ2n) is 3.30. The van der Waals surface area contributed by atoms with Gasteiger partial charge in [0.25, 0.3) is 5.56 Å². The number of carbonyl (C=O) groups is 1. The Kier molecular flexibility index (Phi) is 3.05. The summed E-state index contributed by atoms with van der Waals surface area (Å²) in [6, 6.07) is 7.13. The molecule has 0 fully saturated rings. The zero-order valence-corrected chi connectivity index (χ0v) is 9.62. The van der Waals surface area contributed by atoms with Crippen LogP contribution in [0.2, 0.25) is 0 Å². The molecule has 0 amide bonds. The van der Waals surface area contributed by atoms with Crippen LogP contribution in [0, 0.1) is 0 Å². The van der Waals surface area contributed by atoms with Crippen molar-refractivity contribution >= 4 is 27.7 Å². The molecule has 0 aliphatic carbocycles. The summed E-state index contributed by atoms with van der Waals surface area (Å²) < 4.78 is 6.77. The molecule has 1 heterocycles. The zero-order valence-electron chi connectivity index (χ0n) is 8.80. The van der Waals surface area contributed by atoms with Crippen LogP contribution in [0.15, 0.2) is 29.1 Å². The number of nitrogens with zero attached hydrogens (tertiary/aromatic N) is 1. The maximum atomic E-state index is 11.8. The Bertz CT molecular complexity index is 570. The smallest absolute Gasteiger partial charge is 0.430 e. The minimum atomic E-state index is -0.590. The number of rotatable bonds is 2. The Balaban J connectivity index is 2.42. The number of hydrogen-bond donors (Lipinski definition) is 0. The van der Waals surface area contributed by atoms with Crippen molar-refractivity contribution in [2.24, 2.45) is 0 Å². The normalized spacial score (nSPS) is 10.6. The SMILES string of the molecule is CCCOC(=O)n1sc2ccccc2c1=O. The number of fused-ring (bicyclic) bond motifs is 1. The van der Waals surface area contributed by atoms with Gasteiger partial charge < -0.3 is 4.74 Å². The molecule has 0 bridgehead atoms. The van der Waals surface area contributed by atoms with Gasteiger partial charge in [-0.05, 0) is 30.1 Å². The first-order valence-electron chi connectivity index (χ1n) is 5.02. The lowest BCUT2D eigenvalue weighted by atomic mass is 10.3. The fourth-order valence-electron chi connectivity index (χ4n) is 1.34. The van der Waals surface area contributed by atoms with Crippen molar-refractivity contribution in [1.29, 1.82) is 0 Å². The Morgan fingerprint density at radius 1 is 1.44 bits per heavy atom. The lowest BCUT2D eigenvalue weighted by molar-refractivity contribution is 0.150. The van der Waals surface area contributed by atoms with Gasteiger partial charge in [-0.15, -0.1) is 0 Å². The maximum absolute atomic E-state index is 11.8. The molecule has 84 valence electrons. The van der Waals surface area contributed by atoms with Crippen LogP contribution in [-0.4, -0.2) is 16.7 Å². The van der Waals surface area contributed by atoms with Gasteiger partial charge in [-0.2, -0.15) is 3.96 Å². The first-order valence-corrected chi connectivity index (χ1v) is 5.79. The van der Waals surface area contributed by atoms with E-state index in [0.29, 0.717) is 12.0 Å². The van der Waals surface area contributed by atoms with E-state index in [9.17, 15) is 9.59 Å². The van der Waals surface area contributed by atoms with Crippen molar-refractivity contribution in [3.05, 3.63) is 34.6 Å². The van der Waals surface area contributed by atoms with E-state index in [-0.39, 0.29) is 5.56 Å². The molecule has 0 aliphatic rings. The molecular weight excluding hydrogens is 226 g/mol. The summed E-state index contributed by atoms with van der Waals surface area (Å²) in [5.74, 6) is 0. The number of benzene rings is 1. The molecule has 0 aliphatic heterocycles. The first-order chi connectivity index (χ1) is 7.74. The van der Waals surface area contributed by atoms with Gasteiger partial charge in [0, 0.05) is 0 Å². The molecule has 2 aromatic rings. The average Bonchev–Trinajstić information content (AvgIpc) is 2.64. The molecular formula is C11H11NO3S. The second-order valence-corrected chi connectivity index (χ2v) is 4.29. The molecule has 0 radical (unpaired) electrons. The fraction of sp³-hybridized carbons (Fsp3) is 0.273. The van der Waals surface area contributed by atoms with E-state index in [1.54, 1.807) is 12.1 Å². The van der Waals surface area contributed by atoms with Crippen LogP contribution < -0.4 is 5.56 Å². The number of hydrogen-bond acceptors (Lipinski definition) is 4. The van der Waals surface area contributed by atoms with Crippen molar-refractivity contribution in [3.63, 3.8) is 0 Å². The van der Waals surface area contributed by atoms with Crippen LogP contribution in [0.5, 0.6) is 0 Å². The molecule has 1 aromatic heterocycles. The summed E-state index contributed by atoms with van der Waals surface area (Å²) in [5.41, 5.74) is -0.304. The van der Waals surface area contributed by atoms with Gasteiger partial charge in [0.05, 0.1) is 16.7 Å². The van der Waals surface area contributed by atoms with Crippen LogP contribution >= 0.6 is 11.5 Å². The first kappa shape index (κ1) is 10.9. The van der Waals surface area contributed by atoms with E-state index in [1.165, 1.54) is 0 Å². The lowest BCUT2D eigenvalue weighted by Gasteiger charge is -2.00. The molecule has 0 unspecified atom stereocenters. The Hall–Kier alpha value is -1.62. The monoisotopic (exact) mass is 237 g/mol. The number of carbonyl (C=O) groups excluding carboxylic acids is 1.